The highest BCUT2D eigenvalue weighted by Crippen LogP contribution is 2.25. The molecular formula is C26H27FN2O2. The third-order valence-corrected chi connectivity index (χ3v) is 5.67. The highest BCUT2D eigenvalue weighted by molar-refractivity contribution is 5.75. The molecule has 0 saturated heterocycles. The number of halogens is 1. The second-order valence-electron chi connectivity index (χ2n) is 7.92. The fourth-order valence-corrected chi connectivity index (χ4v) is 4.04. The van der Waals surface area contributed by atoms with E-state index in [9.17, 15) is 9.18 Å². The predicted molar refractivity (Wildman–Crippen MR) is 119 cm³/mol. The zero-order chi connectivity index (χ0) is 21.5. The van der Waals surface area contributed by atoms with Gasteiger partial charge in [0, 0.05) is 6.04 Å². The molecule has 0 heterocycles. The van der Waals surface area contributed by atoms with Crippen molar-refractivity contribution in [2.45, 2.75) is 43.9 Å². The fourth-order valence-electron chi connectivity index (χ4n) is 4.04. The average molecular weight is 419 g/mol. The number of nitrogens with one attached hydrogen (secondary N) is 2. The number of hydrogen-bond acceptors (Lipinski definition) is 2. The van der Waals surface area contributed by atoms with Crippen molar-refractivity contribution >= 4 is 6.03 Å². The molecule has 1 aliphatic rings. The van der Waals surface area contributed by atoms with Crippen molar-refractivity contribution in [1.82, 2.24) is 10.6 Å². The lowest BCUT2D eigenvalue weighted by Gasteiger charge is -2.30. The van der Waals surface area contributed by atoms with E-state index >= 15 is 0 Å². The molecule has 31 heavy (non-hydrogen) atoms. The minimum absolute atomic E-state index is 0.0907. The van der Waals surface area contributed by atoms with Gasteiger partial charge in [-0.25, -0.2) is 9.18 Å². The maximum absolute atomic E-state index is 13.0. The molecule has 0 unspecified atom stereocenters. The lowest BCUT2D eigenvalue weighted by atomic mass is 9.93. The molecule has 4 nitrogen and oxygen atoms in total. The zero-order valence-corrected chi connectivity index (χ0v) is 17.3. The molecule has 0 atom stereocenters. The van der Waals surface area contributed by atoms with E-state index < -0.39 is 0 Å². The second kappa shape index (κ2) is 10.1. The van der Waals surface area contributed by atoms with Gasteiger partial charge in [0.25, 0.3) is 0 Å². The summed E-state index contributed by atoms with van der Waals surface area (Å²) in [5.74, 6) is 0.416. The summed E-state index contributed by atoms with van der Waals surface area (Å²) in [6, 6.07) is 25.8. The van der Waals surface area contributed by atoms with Gasteiger partial charge < -0.3 is 15.4 Å². The summed E-state index contributed by atoms with van der Waals surface area (Å²) in [6.45, 7) is 0. The van der Waals surface area contributed by atoms with Gasteiger partial charge in [-0.2, -0.15) is 0 Å². The Hall–Kier alpha value is -3.34. The summed E-state index contributed by atoms with van der Waals surface area (Å²) in [7, 11) is 0. The van der Waals surface area contributed by atoms with Crippen LogP contribution in [0.2, 0.25) is 0 Å². The molecule has 0 bridgehead atoms. The van der Waals surface area contributed by atoms with Gasteiger partial charge in [-0.3, -0.25) is 0 Å². The van der Waals surface area contributed by atoms with Crippen molar-refractivity contribution in [2.24, 2.45) is 0 Å². The van der Waals surface area contributed by atoms with E-state index in [4.69, 9.17) is 4.74 Å². The summed E-state index contributed by atoms with van der Waals surface area (Å²) < 4.78 is 19.0. The maximum atomic E-state index is 13.0. The number of hydrogen-bond donors (Lipinski definition) is 2. The number of carbonyl (C=O) groups is 1. The van der Waals surface area contributed by atoms with Gasteiger partial charge in [-0.1, -0.05) is 60.7 Å². The van der Waals surface area contributed by atoms with Gasteiger partial charge >= 0.3 is 6.03 Å². The van der Waals surface area contributed by atoms with Gasteiger partial charge in [0.15, 0.2) is 0 Å². The highest BCUT2D eigenvalue weighted by atomic mass is 19.1. The topological polar surface area (TPSA) is 50.4 Å². The van der Waals surface area contributed by atoms with Crippen LogP contribution in [0.1, 0.15) is 42.9 Å². The SMILES string of the molecule is O=C(NC1CCC(Oc2ccc(F)cc2)CC1)NC(c1ccccc1)c1ccccc1. The average Bonchev–Trinajstić information content (AvgIpc) is 2.81. The standard InChI is InChI=1S/C26H27FN2O2/c27-21-11-15-23(16-12-21)31-24-17-13-22(14-18-24)28-26(30)29-25(19-7-3-1-4-8-19)20-9-5-2-6-10-20/h1-12,15-16,22,24-25H,13-14,17-18H2,(H2,28,29,30). The normalized spacial score (nSPS) is 18.4. The van der Waals surface area contributed by atoms with Crippen LogP contribution in [0.25, 0.3) is 0 Å². The van der Waals surface area contributed by atoms with Crippen LogP contribution >= 0.6 is 0 Å². The van der Waals surface area contributed by atoms with Crippen LogP contribution in [0, 0.1) is 5.82 Å². The Morgan fingerprint density at radius 2 is 1.35 bits per heavy atom. The third-order valence-electron chi connectivity index (χ3n) is 5.67. The number of benzene rings is 3. The first-order chi connectivity index (χ1) is 15.2. The van der Waals surface area contributed by atoms with Gasteiger partial charge in [0.05, 0.1) is 12.1 Å². The van der Waals surface area contributed by atoms with Crippen LogP contribution in [-0.4, -0.2) is 18.2 Å². The monoisotopic (exact) mass is 418 g/mol. The van der Waals surface area contributed by atoms with Crippen LogP contribution in [-0.2, 0) is 0 Å². The number of amides is 2. The molecule has 0 radical (unpaired) electrons. The molecule has 3 aromatic rings. The fraction of sp³-hybridized carbons (Fsp3) is 0.269. The van der Waals surface area contributed by atoms with Crippen molar-refractivity contribution in [3.8, 4) is 5.75 Å². The largest absolute Gasteiger partial charge is 0.490 e. The lowest BCUT2D eigenvalue weighted by molar-refractivity contribution is 0.140. The van der Waals surface area contributed by atoms with Gasteiger partial charge in [-0.15, -0.1) is 0 Å². The van der Waals surface area contributed by atoms with Crippen molar-refractivity contribution < 1.29 is 13.9 Å². The van der Waals surface area contributed by atoms with E-state index in [0.717, 1.165) is 36.8 Å². The van der Waals surface area contributed by atoms with Crippen molar-refractivity contribution in [3.63, 3.8) is 0 Å². The molecule has 0 aliphatic heterocycles. The van der Waals surface area contributed by atoms with E-state index in [2.05, 4.69) is 10.6 Å². The lowest BCUT2D eigenvalue weighted by Crippen LogP contribution is -2.45. The van der Waals surface area contributed by atoms with Crippen molar-refractivity contribution in [3.05, 3.63) is 102 Å². The summed E-state index contributed by atoms with van der Waals surface area (Å²) in [5, 5.41) is 6.26. The Labute approximate surface area is 182 Å². The predicted octanol–water partition coefficient (Wildman–Crippen LogP) is 5.60. The van der Waals surface area contributed by atoms with Crippen molar-refractivity contribution in [1.29, 1.82) is 0 Å². The number of urea groups is 1. The van der Waals surface area contributed by atoms with Crippen LogP contribution < -0.4 is 15.4 Å². The summed E-state index contributed by atoms with van der Waals surface area (Å²) >= 11 is 0. The first-order valence-electron chi connectivity index (χ1n) is 10.8. The Morgan fingerprint density at radius 1 is 0.806 bits per heavy atom. The second-order valence-corrected chi connectivity index (χ2v) is 7.92. The Balaban J connectivity index is 1.31. The molecule has 160 valence electrons. The molecule has 4 rings (SSSR count). The summed E-state index contributed by atoms with van der Waals surface area (Å²) in [6.07, 6.45) is 3.49. The molecule has 3 aromatic carbocycles. The van der Waals surface area contributed by atoms with E-state index in [1.165, 1.54) is 12.1 Å². The maximum Gasteiger partial charge on any atom is 0.315 e. The minimum atomic E-state index is -0.268. The molecule has 1 fully saturated rings. The van der Waals surface area contributed by atoms with Gasteiger partial charge in [0.2, 0.25) is 0 Å². The molecule has 1 saturated carbocycles. The van der Waals surface area contributed by atoms with E-state index in [-0.39, 0.29) is 30.0 Å². The highest BCUT2D eigenvalue weighted by Gasteiger charge is 2.25. The molecule has 0 aromatic heterocycles. The Morgan fingerprint density at radius 3 is 1.90 bits per heavy atom. The summed E-state index contributed by atoms with van der Waals surface area (Å²) in [5.41, 5.74) is 2.08. The quantitative estimate of drug-likeness (QED) is 0.547. The molecule has 1 aliphatic carbocycles. The van der Waals surface area contributed by atoms with E-state index in [1.54, 1.807) is 12.1 Å². The van der Waals surface area contributed by atoms with Crippen LogP contribution in [0.15, 0.2) is 84.9 Å². The number of rotatable bonds is 6. The molecular weight excluding hydrogens is 391 g/mol. The van der Waals surface area contributed by atoms with E-state index in [0.29, 0.717) is 5.75 Å². The van der Waals surface area contributed by atoms with Crippen LogP contribution in [0.5, 0.6) is 5.75 Å². The molecule has 5 heteroatoms. The Kier molecular flexibility index (Phi) is 6.82. The smallest absolute Gasteiger partial charge is 0.315 e. The first kappa shape index (κ1) is 20.9. The number of ether oxygens (including phenoxy) is 1. The third kappa shape index (κ3) is 5.85. The zero-order valence-electron chi connectivity index (χ0n) is 17.3. The number of carbonyl (C=O) groups excluding carboxylic acids is 1. The first-order valence-corrected chi connectivity index (χ1v) is 10.8. The van der Waals surface area contributed by atoms with Crippen LogP contribution in [0.3, 0.4) is 0 Å². The van der Waals surface area contributed by atoms with E-state index in [1.807, 2.05) is 60.7 Å². The Bertz CT molecular complexity index is 916. The van der Waals surface area contributed by atoms with Crippen LogP contribution in [0.4, 0.5) is 9.18 Å². The minimum Gasteiger partial charge on any atom is -0.490 e. The molecule has 2 amide bonds. The van der Waals surface area contributed by atoms with Crippen molar-refractivity contribution in [2.75, 3.05) is 0 Å². The van der Waals surface area contributed by atoms with Gasteiger partial charge in [-0.05, 0) is 61.1 Å². The molecule has 0 spiro atoms. The summed E-state index contributed by atoms with van der Waals surface area (Å²) in [4.78, 5) is 12.8. The molecule has 2 N–H and O–H groups in total. The van der Waals surface area contributed by atoms with Gasteiger partial charge in [0.1, 0.15) is 11.6 Å².